The maximum atomic E-state index is 13.1. The van der Waals surface area contributed by atoms with Crippen molar-refractivity contribution in [3.05, 3.63) is 35.6 Å². The highest BCUT2D eigenvalue weighted by Crippen LogP contribution is 2.14. The molecule has 122 valence electrons. The second kappa shape index (κ2) is 7.19. The van der Waals surface area contributed by atoms with Gasteiger partial charge in [0.1, 0.15) is 5.82 Å². The molecule has 1 fully saturated rings. The highest BCUT2D eigenvalue weighted by molar-refractivity contribution is 7.88. The van der Waals surface area contributed by atoms with Crippen LogP contribution in [0.1, 0.15) is 24.8 Å². The van der Waals surface area contributed by atoms with E-state index in [1.165, 1.54) is 12.1 Å². The van der Waals surface area contributed by atoms with E-state index in [9.17, 15) is 17.6 Å². The molecular weight excluding hydrogens is 307 g/mol. The summed E-state index contributed by atoms with van der Waals surface area (Å²) in [5.41, 5.74) is 0.788. The third-order valence-electron chi connectivity index (χ3n) is 3.67. The summed E-state index contributed by atoms with van der Waals surface area (Å²) >= 11 is 0. The Bertz CT molecular complexity index is 633. The van der Waals surface area contributed by atoms with Crippen LogP contribution in [0, 0.1) is 5.82 Å². The molecule has 0 radical (unpaired) electrons. The van der Waals surface area contributed by atoms with Crippen LogP contribution in [0.4, 0.5) is 4.39 Å². The fourth-order valence-electron chi connectivity index (χ4n) is 2.70. The van der Waals surface area contributed by atoms with Gasteiger partial charge in [-0.25, -0.2) is 17.5 Å². The summed E-state index contributed by atoms with van der Waals surface area (Å²) in [6.07, 6.45) is 3.42. The number of hydrogen-bond acceptors (Lipinski definition) is 3. The Morgan fingerprint density at radius 2 is 2.23 bits per heavy atom. The first kappa shape index (κ1) is 16.9. The first-order chi connectivity index (χ1) is 10.3. The van der Waals surface area contributed by atoms with Crippen LogP contribution in [0.3, 0.4) is 0 Å². The fourth-order valence-corrected chi connectivity index (χ4v) is 3.50. The van der Waals surface area contributed by atoms with Crippen LogP contribution in [0.15, 0.2) is 24.3 Å². The van der Waals surface area contributed by atoms with Crippen molar-refractivity contribution in [2.75, 3.05) is 19.3 Å². The van der Waals surface area contributed by atoms with E-state index in [-0.39, 0.29) is 17.8 Å². The summed E-state index contributed by atoms with van der Waals surface area (Å²) in [5.74, 6) is -0.329. The molecule has 5 nitrogen and oxygen atoms in total. The Labute approximate surface area is 130 Å². The minimum atomic E-state index is -3.26. The number of piperidine rings is 1. The van der Waals surface area contributed by atoms with Gasteiger partial charge in [-0.05, 0) is 37.0 Å². The summed E-state index contributed by atoms with van der Waals surface area (Å²) in [6.45, 7) is 1.04. The van der Waals surface area contributed by atoms with Gasteiger partial charge in [0.25, 0.3) is 0 Å². The molecule has 2 rings (SSSR count). The molecule has 0 aromatic heterocycles. The molecule has 1 atom stereocenters. The van der Waals surface area contributed by atoms with Crippen LogP contribution in [-0.4, -0.2) is 44.6 Å². The van der Waals surface area contributed by atoms with E-state index in [1.807, 2.05) is 0 Å². The van der Waals surface area contributed by atoms with E-state index in [1.54, 1.807) is 17.0 Å². The van der Waals surface area contributed by atoms with Crippen molar-refractivity contribution in [2.45, 2.75) is 31.7 Å². The molecule has 1 aliphatic heterocycles. The number of halogens is 1. The number of nitrogens with zero attached hydrogens (tertiary/aromatic N) is 1. The predicted molar refractivity (Wildman–Crippen MR) is 82.3 cm³/mol. The minimum absolute atomic E-state index is 0.0238. The molecule has 0 aliphatic carbocycles. The first-order valence-electron chi connectivity index (χ1n) is 7.33. The zero-order chi connectivity index (χ0) is 16.2. The van der Waals surface area contributed by atoms with Crippen molar-refractivity contribution in [2.24, 2.45) is 0 Å². The van der Waals surface area contributed by atoms with Crippen molar-refractivity contribution in [1.29, 1.82) is 0 Å². The normalized spacial score (nSPS) is 19.2. The van der Waals surface area contributed by atoms with Crippen LogP contribution < -0.4 is 4.72 Å². The van der Waals surface area contributed by atoms with E-state index in [0.717, 1.165) is 24.7 Å². The Morgan fingerprint density at radius 1 is 1.45 bits per heavy atom. The lowest BCUT2D eigenvalue weighted by atomic mass is 10.0. The Hall–Kier alpha value is -1.47. The van der Waals surface area contributed by atoms with E-state index in [0.29, 0.717) is 25.9 Å². The number of nitrogens with one attached hydrogen (secondary N) is 1. The van der Waals surface area contributed by atoms with Crippen LogP contribution in [0.2, 0.25) is 0 Å². The Balaban J connectivity index is 1.86. The smallest absolute Gasteiger partial charge is 0.222 e. The average molecular weight is 328 g/mol. The maximum Gasteiger partial charge on any atom is 0.222 e. The standard InChI is InChI=1S/C15H21FN2O3S/c1-22(20,21)17-14-6-3-9-18(11-14)15(19)8-7-12-4-2-5-13(16)10-12/h2,4-5,10,14,17H,3,6-9,11H2,1H3/t14-/m1/s1. The van der Waals surface area contributed by atoms with Gasteiger partial charge in [0.15, 0.2) is 0 Å². The van der Waals surface area contributed by atoms with Crippen LogP contribution in [-0.2, 0) is 21.2 Å². The van der Waals surface area contributed by atoms with Gasteiger partial charge in [-0.3, -0.25) is 4.79 Å². The van der Waals surface area contributed by atoms with Gasteiger partial charge in [0.05, 0.1) is 6.26 Å². The highest BCUT2D eigenvalue weighted by atomic mass is 32.2. The van der Waals surface area contributed by atoms with Gasteiger partial charge < -0.3 is 4.90 Å². The van der Waals surface area contributed by atoms with Gasteiger partial charge >= 0.3 is 0 Å². The number of carbonyl (C=O) groups is 1. The second-order valence-corrected chi connectivity index (χ2v) is 7.48. The molecule has 1 saturated heterocycles. The molecule has 1 aromatic rings. The van der Waals surface area contributed by atoms with Gasteiger partial charge in [0, 0.05) is 25.6 Å². The summed E-state index contributed by atoms with van der Waals surface area (Å²) < 4.78 is 38.2. The molecular formula is C15H21FN2O3S. The monoisotopic (exact) mass is 328 g/mol. The number of rotatable bonds is 5. The number of aryl methyl sites for hydroxylation is 1. The predicted octanol–water partition coefficient (Wildman–Crippen LogP) is 1.30. The highest BCUT2D eigenvalue weighted by Gasteiger charge is 2.25. The average Bonchev–Trinajstić information content (AvgIpc) is 2.43. The summed E-state index contributed by atoms with van der Waals surface area (Å²) in [7, 11) is -3.26. The van der Waals surface area contributed by atoms with Gasteiger partial charge in [-0.1, -0.05) is 12.1 Å². The van der Waals surface area contributed by atoms with E-state index >= 15 is 0 Å². The largest absolute Gasteiger partial charge is 0.341 e. The van der Waals surface area contributed by atoms with Gasteiger partial charge in [-0.15, -0.1) is 0 Å². The number of likely N-dealkylation sites (tertiary alicyclic amines) is 1. The number of hydrogen-bond donors (Lipinski definition) is 1. The second-order valence-electron chi connectivity index (χ2n) is 5.70. The third-order valence-corrected chi connectivity index (χ3v) is 4.43. The van der Waals surface area contributed by atoms with Crippen LogP contribution in [0.5, 0.6) is 0 Å². The topological polar surface area (TPSA) is 66.5 Å². The van der Waals surface area contributed by atoms with Crippen molar-refractivity contribution in [3.8, 4) is 0 Å². The van der Waals surface area contributed by atoms with E-state index in [2.05, 4.69) is 4.72 Å². The van der Waals surface area contributed by atoms with Crippen molar-refractivity contribution in [3.63, 3.8) is 0 Å². The Morgan fingerprint density at radius 3 is 2.91 bits per heavy atom. The van der Waals surface area contributed by atoms with E-state index in [4.69, 9.17) is 0 Å². The van der Waals surface area contributed by atoms with Crippen LogP contribution >= 0.6 is 0 Å². The lowest BCUT2D eigenvalue weighted by molar-refractivity contribution is -0.132. The first-order valence-corrected chi connectivity index (χ1v) is 9.22. The van der Waals surface area contributed by atoms with Gasteiger partial charge in [0.2, 0.25) is 15.9 Å². The minimum Gasteiger partial charge on any atom is -0.341 e. The molecule has 0 spiro atoms. The summed E-state index contributed by atoms with van der Waals surface area (Å²) in [5, 5.41) is 0. The van der Waals surface area contributed by atoms with E-state index < -0.39 is 10.0 Å². The number of carbonyl (C=O) groups excluding carboxylic acids is 1. The molecule has 7 heteroatoms. The number of sulfonamides is 1. The molecule has 1 heterocycles. The Kier molecular flexibility index (Phi) is 5.52. The molecule has 0 saturated carbocycles. The molecule has 1 aliphatic rings. The SMILES string of the molecule is CS(=O)(=O)N[C@@H]1CCCN(C(=O)CCc2cccc(F)c2)C1. The van der Waals surface area contributed by atoms with Crippen molar-refractivity contribution < 1.29 is 17.6 Å². The molecule has 1 aromatic carbocycles. The third kappa shape index (κ3) is 5.38. The fraction of sp³-hybridized carbons (Fsp3) is 0.533. The van der Waals surface area contributed by atoms with Crippen LogP contribution in [0.25, 0.3) is 0 Å². The lowest BCUT2D eigenvalue weighted by Gasteiger charge is -2.32. The molecule has 0 unspecified atom stereocenters. The molecule has 0 bridgehead atoms. The zero-order valence-electron chi connectivity index (χ0n) is 12.6. The molecule has 1 amide bonds. The quantitative estimate of drug-likeness (QED) is 0.886. The zero-order valence-corrected chi connectivity index (χ0v) is 13.4. The molecule has 1 N–H and O–H groups in total. The van der Waals surface area contributed by atoms with Gasteiger partial charge in [-0.2, -0.15) is 0 Å². The maximum absolute atomic E-state index is 13.1. The number of benzene rings is 1. The van der Waals surface area contributed by atoms with Crippen molar-refractivity contribution >= 4 is 15.9 Å². The summed E-state index contributed by atoms with van der Waals surface area (Å²) in [4.78, 5) is 13.9. The van der Waals surface area contributed by atoms with Crippen molar-refractivity contribution in [1.82, 2.24) is 9.62 Å². The lowest BCUT2D eigenvalue weighted by Crippen LogP contribution is -2.49. The molecule has 22 heavy (non-hydrogen) atoms. The number of amides is 1. The summed E-state index contributed by atoms with van der Waals surface area (Å²) in [6, 6.07) is 6.00.